The van der Waals surface area contributed by atoms with Crippen molar-refractivity contribution in [1.29, 1.82) is 0 Å². The van der Waals surface area contributed by atoms with Crippen molar-refractivity contribution in [2.75, 3.05) is 9.80 Å². The number of hydrogen-bond donors (Lipinski definition) is 0. The molecule has 1 aliphatic rings. The molecular weight excluding hydrogens is 1130 g/mol. The zero-order valence-electron chi connectivity index (χ0n) is 42.2. The van der Waals surface area contributed by atoms with Gasteiger partial charge in [0.05, 0.1) is 23.2 Å². The maximum Gasteiger partial charge on any atom is 0.143 e. The summed E-state index contributed by atoms with van der Waals surface area (Å²) in [4.78, 5) is 13.4. The van der Waals surface area contributed by atoms with E-state index in [-0.39, 0.29) is 26.5 Å². The van der Waals surface area contributed by atoms with Gasteiger partial charge < -0.3 is 23.5 Å². The third-order valence-corrected chi connectivity index (χ3v) is 14.7. The summed E-state index contributed by atoms with van der Waals surface area (Å²) in [5.74, 6) is 1.58. The van der Waals surface area contributed by atoms with Crippen molar-refractivity contribution in [3.05, 3.63) is 254 Å². The van der Waals surface area contributed by atoms with E-state index in [9.17, 15) is 0 Å². The average Bonchev–Trinajstić information content (AvgIpc) is 4.28. The van der Waals surface area contributed by atoms with Gasteiger partial charge in [-0.15, -0.1) is 42.7 Å². The van der Waals surface area contributed by atoms with Gasteiger partial charge in [0.2, 0.25) is 0 Å². The van der Waals surface area contributed by atoms with Gasteiger partial charge in [-0.2, -0.15) is 6.07 Å². The van der Waals surface area contributed by atoms with E-state index in [0.29, 0.717) is 22.9 Å². The van der Waals surface area contributed by atoms with Gasteiger partial charge in [-0.3, -0.25) is 4.85 Å². The molecule has 372 valence electrons. The standard InChI is InChI=1S/C69H46N5O2.Pt/c1-69(2,3)48-35-36-71-63(38-48)74-62-42-51(33-34-59(62)68-66(74)64-57-27-13-11-25-55(57)56-26-12-14-28-58(56)67(64)76-68)75-52-40-49(70-4)39-50(41-52)72-43-73(61-32-16-15-31-60(61)72)65-53(45-21-9-6-10-22-45)29-18-30-54(65)47-24-17-23-46(37-47)44-19-7-5-8-20-44;/h5-40,43H,1-3H3;/q-3;. The van der Waals surface area contributed by atoms with Crippen LogP contribution in [-0.2, 0) is 26.5 Å². The summed E-state index contributed by atoms with van der Waals surface area (Å²) in [6.07, 6.45) is 1.88. The molecule has 0 saturated carbocycles. The Balaban J connectivity index is 0.00000566. The molecule has 0 saturated heterocycles. The predicted molar refractivity (Wildman–Crippen MR) is 310 cm³/mol. The van der Waals surface area contributed by atoms with E-state index in [1.54, 1.807) is 6.07 Å². The summed E-state index contributed by atoms with van der Waals surface area (Å²) in [5, 5.41) is 6.32. The fourth-order valence-corrected chi connectivity index (χ4v) is 11.1. The van der Waals surface area contributed by atoms with E-state index in [1.165, 1.54) is 0 Å². The van der Waals surface area contributed by atoms with Crippen LogP contribution in [0.1, 0.15) is 26.3 Å². The van der Waals surface area contributed by atoms with E-state index in [0.717, 1.165) is 116 Å². The smallest absolute Gasteiger partial charge is 0.143 e. The van der Waals surface area contributed by atoms with Crippen LogP contribution in [0.25, 0.3) is 98.6 Å². The average molecular weight is 1170 g/mol. The van der Waals surface area contributed by atoms with Crippen LogP contribution in [0.5, 0.6) is 11.5 Å². The number of fused-ring (bicyclic) bond motifs is 11. The Kier molecular flexibility index (Phi) is 11.6. The Morgan fingerprint density at radius 3 is 1.91 bits per heavy atom. The monoisotopic (exact) mass is 1170 g/mol. The molecule has 1 aliphatic heterocycles. The predicted octanol–water partition coefficient (Wildman–Crippen LogP) is 18.9. The van der Waals surface area contributed by atoms with Gasteiger partial charge in [-0.25, -0.2) is 4.98 Å². The summed E-state index contributed by atoms with van der Waals surface area (Å²) in [7, 11) is 0. The molecule has 13 aromatic rings. The van der Waals surface area contributed by atoms with Crippen LogP contribution in [-0.4, -0.2) is 9.55 Å². The molecule has 0 unspecified atom stereocenters. The van der Waals surface area contributed by atoms with E-state index in [4.69, 9.17) is 20.7 Å². The van der Waals surface area contributed by atoms with Gasteiger partial charge >= 0.3 is 0 Å². The first-order valence-electron chi connectivity index (χ1n) is 25.5. The molecular formula is C69H46N5O2Pt-3. The Morgan fingerprint density at radius 1 is 0.545 bits per heavy atom. The summed E-state index contributed by atoms with van der Waals surface area (Å²) in [5.41, 5.74) is 14.9. The third-order valence-electron chi connectivity index (χ3n) is 14.7. The van der Waals surface area contributed by atoms with Gasteiger partial charge in [0.25, 0.3) is 0 Å². The number of rotatable bonds is 8. The Morgan fingerprint density at radius 2 is 1.17 bits per heavy atom. The van der Waals surface area contributed by atoms with Gasteiger partial charge in [-0.1, -0.05) is 189 Å². The first kappa shape index (κ1) is 47.5. The summed E-state index contributed by atoms with van der Waals surface area (Å²) < 4.78 is 16.0. The van der Waals surface area contributed by atoms with Gasteiger partial charge in [-0.05, 0) is 79.7 Å². The number of hydrogen-bond acceptors (Lipinski definition) is 5. The van der Waals surface area contributed by atoms with Gasteiger partial charge in [0, 0.05) is 72.3 Å². The van der Waals surface area contributed by atoms with Crippen molar-refractivity contribution in [3.8, 4) is 50.7 Å². The van der Waals surface area contributed by atoms with Crippen LogP contribution in [0.4, 0.5) is 28.4 Å². The number of pyridine rings is 1. The quantitative estimate of drug-likeness (QED) is 0.112. The maximum absolute atomic E-state index is 8.33. The Bertz CT molecular complexity index is 4490. The molecule has 0 fully saturated rings. The zero-order chi connectivity index (χ0) is 51.1. The van der Waals surface area contributed by atoms with Crippen molar-refractivity contribution in [2.24, 2.45) is 0 Å². The number of aromatic nitrogens is 2. The molecule has 77 heavy (non-hydrogen) atoms. The Labute approximate surface area is 460 Å². The molecule has 0 bridgehead atoms. The van der Waals surface area contributed by atoms with Crippen molar-refractivity contribution in [3.63, 3.8) is 0 Å². The summed E-state index contributed by atoms with van der Waals surface area (Å²) >= 11 is 0. The van der Waals surface area contributed by atoms with E-state index in [2.05, 4.69) is 235 Å². The molecule has 0 atom stereocenters. The van der Waals surface area contributed by atoms with Crippen LogP contribution in [0.15, 0.2) is 223 Å². The van der Waals surface area contributed by atoms with Crippen LogP contribution in [0.3, 0.4) is 0 Å². The molecule has 8 heteroatoms. The first-order chi connectivity index (χ1) is 37.3. The molecule has 3 aromatic heterocycles. The number of benzene rings is 10. The molecule has 0 N–H and O–H groups in total. The molecule has 14 rings (SSSR count). The fraction of sp³-hybridized carbons (Fsp3) is 0.0580. The maximum atomic E-state index is 8.33. The topological polar surface area (TPSA) is 51.0 Å². The summed E-state index contributed by atoms with van der Waals surface area (Å²) in [6.45, 7) is 17.1. The van der Waals surface area contributed by atoms with Crippen LogP contribution < -0.4 is 14.5 Å². The van der Waals surface area contributed by atoms with E-state index >= 15 is 0 Å². The fourth-order valence-electron chi connectivity index (χ4n) is 11.1. The number of nitrogens with zero attached hydrogens (tertiary/aromatic N) is 5. The minimum absolute atomic E-state index is 0. The SMILES string of the molecule is [C-]#[N+]c1cc(Oc2[c-]c3c(cc2)c2oc4c5ccccc5c5ccccc5c4c2n3-c2cc(C(C)(C)C)ccn2)[c-]c(N2[CH-]N(c3c(-c4ccccc4)cccc3-c3cccc(-c4ccccc4)c3)c3ccccc32)c1.[Pt]. The second kappa shape index (κ2) is 18.9. The van der Waals surface area contributed by atoms with E-state index < -0.39 is 0 Å². The number of para-hydroxylation sites is 3. The molecule has 0 radical (unpaired) electrons. The second-order valence-electron chi connectivity index (χ2n) is 20.3. The number of furan rings is 1. The third kappa shape index (κ3) is 8.04. The van der Waals surface area contributed by atoms with Gasteiger partial charge in [0.15, 0.2) is 0 Å². The zero-order valence-corrected chi connectivity index (χ0v) is 44.5. The molecule has 4 heterocycles. The largest absolute Gasteiger partial charge is 0.510 e. The normalized spacial score (nSPS) is 12.4. The van der Waals surface area contributed by atoms with Crippen molar-refractivity contribution < 1.29 is 30.2 Å². The van der Waals surface area contributed by atoms with Crippen molar-refractivity contribution >= 4 is 83.0 Å². The van der Waals surface area contributed by atoms with E-state index in [1.807, 2.05) is 36.5 Å². The van der Waals surface area contributed by atoms with Crippen molar-refractivity contribution in [1.82, 2.24) is 9.55 Å². The molecule has 7 nitrogen and oxygen atoms in total. The number of anilines is 4. The minimum Gasteiger partial charge on any atom is -0.510 e. The second-order valence-corrected chi connectivity index (χ2v) is 20.3. The van der Waals surface area contributed by atoms with Crippen LogP contribution in [0.2, 0.25) is 0 Å². The van der Waals surface area contributed by atoms with Crippen LogP contribution in [0, 0.1) is 25.4 Å². The van der Waals surface area contributed by atoms with Crippen LogP contribution >= 0.6 is 0 Å². The van der Waals surface area contributed by atoms with Crippen molar-refractivity contribution in [2.45, 2.75) is 26.2 Å². The summed E-state index contributed by atoms with van der Waals surface area (Å²) in [6, 6.07) is 80.7. The molecule has 0 aliphatic carbocycles. The molecule has 10 aromatic carbocycles. The molecule has 0 amide bonds. The Hall–Kier alpha value is -9.21. The number of ether oxygens (including phenoxy) is 1. The van der Waals surface area contributed by atoms with Gasteiger partial charge in [0.1, 0.15) is 17.0 Å². The molecule has 0 spiro atoms. The first-order valence-corrected chi connectivity index (χ1v) is 25.5. The minimum atomic E-state index is -0.132.